The Labute approximate surface area is 172 Å². The molecule has 0 fully saturated rings. The highest BCUT2D eigenvalue weighted by atomic mass is 32.2. The minimum absolute atomic E-state index is 0.00112. The number of hydrogen-bond donors (Lipinski definition) is 2. The molecule has 0 bridgehead atoms. The lowest BCUT2D eigenvalue weighted by Gasteiger charge is -2.17. The fourth-order valence-corrected chi connectivity index (χ4v) is 5.65. The van der Waals surface area contributed by atoms with E-state index in [0.717, 1.165) is 42.3 Å². The van der Waals surface area contributed by atoms with Gasteiger partial charge in [0.25, 0.3) is 5.56 Å². The van der Waals surface area contributed by atoms with Gasteiger partial charge in [-0.1, -0.05) is 25.1 Å². The minimum atomic E-state index is -0.588. The lowest BCUT2D eigenvalue weighted by molar-refractivity contribution is -0.123. The van der Waals surface area contributed by atoms with Gasteiger partial charge in [0.1, 0.15) is 4.83 Å². The van der Waals surface area contributed by atoms with Crippen LogP contribution in [0.4, 0.5) is 0 Å². The van der Waals surface area contributed by atoms with Gasteiger partial charge in [0.2, 0.25) is 11.8 Å². The lowest BCUT2D eigenvalue weighted by atomic mass is 10.1. The average molecular weight is 423 g/mol. The Kier molecular flexibility index (Phi) is 6.77. The van der Waals surface area contributed by atoms with Gasteiger partial charge in [-0.2, -0.15) is 0 Å². The molecule has 0 spiro atoms. The number of carbonyl (C=O) groups is 2. The largest absolute Gasteiger partial charge is 0.368 e. The molecule has 1 aliphatic carbocycles. The summed E-state index contributed by atoms with van der Waals surface area (Å²) in [4.78, 5) is 43.0. The average Bonchev–Trinajstić information content (AvgIpc) is 2.85. The Balaban J connectivity index is 1.98. The van der Waals surface area contributed by atoms with Gasteiger partial charge >= 0.3 is 0 Å². The van der Waals surface area contributed by atoms with Crippen molar-refractivity contribution in [1.82, 2.24) is 14.9 Å². The molecule has 1 atom stereocenters. The molecule has 28 heavy (non-hydrogen) atoms. The molecule has 2 aromatic heterocycles. The van der Waals surface area contributed by atoms with E-state index in [1.807, 2.05) is 13.8 Å². The predicted molar refractivity (Wildman–Crippen MR) is 113 cm³/mol. The van der Waals surface area contributed by atoms with Crippen LogP contribution < -0.4 is 16.6 Å². The summed E-state index contributed by atoms with van der Waals surface area (Å²) in [6.45, 7) is 3.84. The monoisotopic (exact) mass is 422 g/mol. The van der Waals surface area contributed by atoms with Crippen LogP contribution in [0.5, 0.6) is 0 Å². The van der Waals surface area contributed by atoms with E-state index in [4.69, 9.17) is 10.7 Å². The minimum Gasteiger partial charge on any atom is -0.368 e. The van der Waals surface area contributed by atoms with E-state index >= 15 is 0 Å². The van der Waals surface area contributed by atoms with Gasteiger partial charge in [0.05, 0.1) is 17.7 Å². The number of primary amides is 1. The Morgan fingerprint density at radius 3 is 2.79 bits per heavy atom. The summed E-state index contributed by atoms with van der Waals surface area (Å²) in [5.74, 6) is -0.822. The number of rotatable bonds is 7. The summed E-state index contributed by atoms with van der Waals surface area (Å²) in [5, 5.41) is 3.79. The zero-order chi connectivity index (χ0) is 20.3. The first-order valence-electron chi connectivity index (χ1n) is 9.67. The van der Waals surface area contributed by atoms with Crippen LogP contribution in [0.1, 0.15) is 56.0 Å². The first-order valence-corrected chi connectivity index (χ1v) is 11.5. The van der Waals surface area contributed by atoms with E-state index in [1.165, 1.54) is 28.6 Å². The highest BCUT2D eigenvalue weighted by molar-refractivity contribution is 7.99. The molecule has 2 heterocycles. The van der Waals surface area contributed by atoms with E-state index in [1.54, 1.807) is 15.9 Å². The lowest BCUT2D eigenvalue weighted by Crippen LogP contribution is -2.34. The van der Waals surface area contributed by atoms with Crippen molar-refractivity contribution < 1.29 is 9.59 Å². The Morgan fingerprint density at radius 2 is 2.07 bits per heavy atom. The summed E-state index contributed by atoms with van der Waals surface area (Å²) in [5.41, 5.74) is 6.24. The first kappa shape index (κ1) is 20.9. The second-order valence-electron chi connectivity index (χ2n) is 7.10. The maximum absolute atomic E-state index is 13.4. The molecular weight excluding hydrogens is 396 g/mol. The molecule has 0 saturated heterocycles. The predicted octanol–water partition coefficient (Wildman–Crippen LogP) is 2.39. The number of amides is 2. The maximum Gasteiger partial charge on any atom is 0.263 e. The number of thioether (sulfide) groups is 1. The molecule has 0 saturated carbocycles. The van der Waals surface area contributed by atoms with E-state index < -0.39 is 5.91 Å². The van der Waals surface area contributed by atoms with Crippen LogP contribution >= 0.6 is 23.1 Å². The topological polar surface area (TPSA) is 107 Å². The Bertz CT molecular complexity index is 951. The van der Waals surface area contributed by atoms with Crippen molar-refractivity contribution in [3.8, 4) is 0 Å². The number of fused-ring (bicyclic) bond motifs is 3. The van der Waals surface area contributed by atoms with Crippen LogP contribution in [0.25, 0.3) is 10.2 Å². The SMILES string of the molecule is CC[C@@H](C)n1c(SCC(=O)NCC(N)=O)nc2sc3c(c2c1=O)CCCCC3. The summed E-state index contributed by atoms with van der Waals surface area (Å²) in [6, 6.07) is -0.0121. The van der Waals surface area contributed by atoms with Crippen molar-refractivity contribution in [2.45, 2.75) is 63.6 Å². The van der Waals surface area contributed by atoms with E-state index in [-0.39, 0.29) is 29.8 Å². The van der Waals surface area contributed by atoms with Crippen molar-refractivity contribution in [2.24, 2.45) is 5.73 Å². The molecule has 0 unspecified atom stereocenters. The van der Waals surface area contributed by atoms with Crippen LogP contribution in [-0.2, 0) is 22.4 Å². The smallest absolute Gasteiger partial charge is 0.263 e. The van der Waals surface area contributed by atoms with E-state index in [9.17, 15) is 14.4 Å². The Morgan fingerprint density at radius 1 is 1.32 bits per heavy atom. The van der Waals surface area contributed by atoms with Crippen LogP contribution in [0.3, 0.4) is 0 Å². The second-order valence-corrected chi connectivity index (χ2v) is 9.13. The molecule has 2 aromatic rings. The molecule has 0 aromatic carbocycles. The zero-order valence-electron chi connectivity index (χ0n) is 16.2. The molecule has 2 amide bonds. The highest BCUT2D eigenvalue weighted by Crippen LogP contribution is 2.34. The fraction of sp³-hybridized carbons (Fsp3) is 0.579. The summed E-state index contributed by atoms with van der Waals surface area (Å²) in [6.07, 6.45) is 6.20. The number of aromatic nitrogens is 2. The molecule has 3 rings (SSSR count). The highest BCUT2D eigenvalue weighted by Gasteiger charge is 2.23. The summed E-state index contributed by atoms with van der Waals surface area (Å²) in [7, 11) is 0. The van der Waals surface area contributed by atoms with Gasteiger partial charge in [-0.25, -0.2) is 4.98 Å². The summed E-state index contributed by atoms with van der Waals surface area (Å²) >= 11 is 2.84. The van der Waals surface area contributed by atoms with Gasteiger partial charge < -0.3 is 11.1 Å². The molecule has 7 nitrogen and oxygen atoms in total. The summed E-state index contributed by atoms with van der Waals surface area (Å²) < 4.78 is 1.73. The molecule has 152 valence electrons. The van der Waals surface area contributed by atoms with Gasteiger partial charge in [0.15, 0.2) is 5.16 Å². The molecule has 1 aliphatic rings. The third kappa shape index (κ3) is 4.41. The van der Waals surface area contributed by atoms with Crippen LogP contribution in [0.2, 0.25) is 0 Å². The van der Waals surface area contributed by atoms with Crippen molar-refractivity contribution >= 4 is 45.1 Å². The molecule has 9 heteroatoms. The third-order valence-corrected chi connectivity index (χ3v) is 7.20. The van der Waals surface area contributed by atoms with Gasteiger partial charge in [-0.3, -0.25) is 19.0 Å². The van der Waals surface area contributed by atoms with E-state index in [2.05, 4.69) is 5.32 Å². The van der Waals surface area contributed by atoms with Gasteiger partial charge in [0, 0.05) is 10.9 Å². The number of thiophene rings is 1. The third-order valence-electron chi connectivity index (χ3n) is 5.06. The fourth-order valence-electron chi connectivity index (χ4n) is 3.42. The van der Waals surface area contributed by atoms with Crippen molar-refractivity contribution in [2.75, 3.05) is 12.3 Å². The number of nitrogens with zero attached hydrogens (tertiary/aromatic N) is 2. The van der Waals surface area contributed by atoms with E-state index in [0.29, 0.717) is 5.16 Å². The zero-order valence-corrected chi connectivity index (χ0v) is 17.9. The first-order chi connectivity index (χ1) is 13.4. The molecular formula is C19H26N4O3S2. The molecule has 3 N–H and O–H groups in total. The molecule has 0 radical (unpaired) electrons. The number of aryl methyl sites for hydroxylation is 2. The van der Waals surface area contributed by atoms with Gasteiger partial charge in [-0.15, -0.1) is 11.3 Å². The standard InChI is InChI=1S/C19H26N4O3S2/c1-3-11(2)23-18(26)16-12-7-5-4-6-8-13(12)28-17(16)22-19(23)27-10-15(25)21-9-14(20)24/h11H,3-10H2,1-2H3,(H2,20,24)(H,21,25)/t11-/m1/s1. The number of hydrogen-bond acceptors (Lipinski definition) is 6. The Hall–Kier alpha value is -1.87. The number of nitrogens with one attached hydrogen (secondary N) is 1. The quantitative estimate of drug-likeness (QED) is 0.405. The maximum atomic E-state index is 13.4. The van der Waals surface area contributed by atoms with Crippen LogP contribution in [0, 0.1) is 0 Å². The second kappa shape index (κ2) is 9.09. The number of carbonyl (C=O) groups excluding carboxylic acids is 2. The van der Waals surface area contributed by atoms with Crippen molar-refractivity contribution in [1.29, 1.82) is 0 Å². The van der Waals surface area contributed by atoms with Gasteiger partial charge in [-0.05, 0) is 44.6 Å². The van der Waals surface area contributed by atoms with Crippen LogP contribution in [0.15, 0.2) is 9.95 Å². The molecule has 0 aliphatic heterocycles. The van der Waals surface area contributed by atoms with Crippen molar-refractivity contribution in [3.05, 3.63) is 20.8 Å². The van der Waals surface area contributed by atoms with Crippen molar-refractivity contribution in [3.63, 3.8) is 0 Å². The van der Waals surface area contributed by atoms with Crippen LogP contribution in [-0.4, -0.2) is 33.7 Å². The normalized spacial score (nSPS) is 15.1. The number of nitrogens with two attached hydrogens (primary N) is 1.